The molecule has 0 aliphatic carbocycles. The lowest BCUT2D eigenvalue weighted by Gasteiger charge is -2.16. The first-order chi connectivity index (χ1) is 5.00. The van der Waals surface area contributed by atoms with E-state index in [4.69, 9.17) is 0 Å². The van der Waals surface area contributed by atoms with E-state index in [9.17, 15) is 13.2 Å². The number of hydrogen-bond donors (Lipinski definition) is 0. The maximum absolute atomic E-state index is 11.9. The normalized spacial score (nSPS) is 18.5. The van der Waals surface area contributed by atoms with Crippen molar-refractivity contribution in [3.8, 4) is 0 Å². The summed E-state index contributed by atoms with van der Waals surface area (Å²) in [5, 5.41) is 0. The lowest BCUT2D eigenvalue weighted by molar-refractivity contribution is -0.0931. The van der Waals surface area contributed by atoms with Gasteiger partial charge in [0, 0.05) is 12.4 Å². The number of hydrogen-bond acceptors (Lipinski definition) is 2. The third-order valence-electron chi connectivity index (χ3n) is 1.04. The van der Waals surface area contributed by atoms with Crippen LogP contribution in [0.15, 0.2) is 16.9 Å². The molecule has 2 nitrogen and oxygen atoms in total. The molecule has 0 bridgehead atoms. The molecular weight excluding hydrogens is 272 g/mol. The van der Waals surface area contributed by atoms with Gasteiger partial charge in [-0.1, -0.05) is 0 Å². The quantitative estimate of drug-likeness (QED) is 0.489. The molecule has 0 aromatic heterocycles. The maximum Gasteiger partial charge on any atom is 0.434 e. The molecule has 0 N–H and O–H groups in total. The molecule has 0 radical (unpaired) electrons. The lowest BCUT2D eigenvalue weighted by Crippen LogP contribution is -2.19. The van der Waals surface area contributed by atoms with Crippen molar-refractivity contribution in [2.75, 3.05) is 6.54 Å². The third-order valence-corrected chi connectivity index (χ3v) is 1.71. The van der Waals surface area contributed by atoms with E-state index in [1.165, 1.54) is 9.33 Å². The Morgan fingerprint density at radius 2 is 2.18 bits per heavy atom. The molecule has 0 unspecified atom stereocenters. The molecule has 1 heterocycles. The van der Waals surface area contributed by atoms with Crippen LogP contribution >= 0.6 is 22.9 Å². The highest BCUT2D eigenvalue weighted by atomic mass is 127. The summed E-state index contributed by atoms with van der Waals surface area (Å²) in [5.41, 5.74) is -0.849. The molecule has 6 heteroatoms. The standard InChI is InChI=1S/C5H4F3IN2/c6-5(7,8)4-3-11(9)2-1-10-4/h1,3H,2H2. The van der Waals surface area contributed by atoms with Gasteiger partial charge in [-0.3, -0.25) is 4.99 Å². The average Bonchev–Trinajstić information content (AvgIpc) is 1.86. The number of alkyl halides is 3. The zero-order valence-corrected chi connectivity index (χ0v) is 7.43. The summed E-state index contributed by atoms with van der Waals surface area (Å²) < 4.78 is 37.1. The van der Waals surface area contributed by atoms with Gasteiger partial charge in [0.2, 0.25) is 0 Å². The highest BCUT2D eigenvalue weighted by Gasteiger charge is 2.34. The molecule has 0 fully saturated rings. The second kappa shape index (κ2) is 3.00. The number of rotatable bonds is 0. The number of halogens is 4. The molecule has 62 valence electrons. The van der Waals surface area contributed by atoms with Crippen LogP contribution in [0.3, 0.4) is 0 Å². The first-order valence-electron chi connectivity index (χ1n) is 2.74. The van der Waals surface area contributed by atoms with E-state index < -0.39 is 11.9 Å². The molecule has 0 saturated carbocycles. The van der Waals surface area contributed by atoms with E-state index in [-0.39, 0.29) is 0 Å². The monoisotopic (exact) mass is 276 g/mol. The smallest absolute Gasteiger partial charge is 0.314 e. The Kier molecular flexibility index (Phi) is 2.40. The molecule has 1 rings (SSSR count). The van der Waals surface area contributed by atoms with Crippen LogP contribution in [0.5, 0.6) is 0 Å². The molecule has 1 aliphatic heterocycles. The fourth-order valence-electron chi connectivity index (χ4n) is 0.582. The fraction of sp³-hybridized carbons (Fsp3) is 0.400. The van der Waals surface area contributed by atoms with E-state index in [0.717, 1.165) is 6.20 Å². The Morgan fingerprint density at radius 3 is 2.55 bits per heavy atom. The molecule has 0 saturated heterocycles. The predicted octanol–water partition coefficient (Wildman–Crippen LogP) is 2.13. The largest absolute Gasteiger partial charge is 0.434 e. The highest BCUT2D eigenvalue weighted by molar-refractivity contribution is 14.1. The average molecular weight is 276 g/mol. The number of nitrogens with zero attached hydrogens (tertiary/aromatic N) is 2. The van der Waals surface area contributed by atoms with Crippen LogP contribution in [0.1, 0.15) is 0 Å². The molecular formula is C5H4F3IN2. The van der Waals surface area contributed by atoms with E-state index in [1.54, 1.807) is 22.9 Å². The molecule has 0 aromatic rings. The molecule has 0 aromatic carbocycles. The van der Waals surface area contributed by atoms with Crippen LogP contribution in [-0.2, 0) is 0 Å². The van der Waals surface area contributed by atoms with Gasteiger partial charge in [-0.05, 0) is 0 Å². The van der Waals surface area contributed by atoms with E-state index >= 15 is 0 Å². The van der Waals surface area contributed by atoms with Gasteiger partial charge in [-0.2, -0.15) is 13.2 Å². The van der Waals surface area contributed by atoms with Gasteiger partial charge < -0.3 is 3.11 Å². The van der Waals surface area contributed by atoms with Gasteiger partial charge >= 0.3 is 6.18 Å². The highest BCUT2D eigenvalue weighted by Crippen LogP contribution is 2.28. The van der Waals surface area contributed by atoms with Crippen molar-refractivity contribution in [1.29, 1.82) is 0 Å². The summed E-state index contributed by atoms with van der Waals surface area (Å²) in [6.45, 7) is 0.417. The van der Waals surface area contributed by atoms with Crippen molar-refractivity contribution >= 4 is 29.1 Å². The van der Waals surface area contributed by atoms with Crippen LogP contribution in [0, 0.1) is 0 Å². The minimum absolute atomic E-state index is 0.417. The van der Waals surface area contributed by atoms with Crippen LogP contribution in [-0.4, -0.2) is 22.0 Å². The zero-order chi connectivity index (χ0) is 8.48. The van der Waals surface area contributed by atoms with E-state index in [2.05, 4.69) is 4.99 Å². The van der Waals surface area contributed by atoms with Crippen LogP contribution in [0.2, 0.25) is 0 Å². The first kappa shape index (κ1) is 8.82. The molecule has 0 spiro atoms. The van der Waals surface area contributed by atoms with Gasteiger partial charge in [0.25, 0.3) is 0 Å². The minimum atomic E-state index is -4.33. The SMILES string of the molecule is FC(F)(F)C1=CN(I)CC=N1. The topological polar surface area (TPSA) is 15.6 Å². The summed E-state index contributed by atoms with van der Waals surface area (Å²) in [7, 11) is 0. The van der Waals surface area contributed by atoms with Crippen molar-refractivity contribution in [2.24, 2.45) is 4.99 Å². The van der Waals surface area contributed by atoms with Crippen molar-refractivity contribution in [1.82, 2.24) is 3.11 Å². The van der Waals surface area contributed by atoms with Crippen molar-refractivity contribution in [3.05, 3.63) is 11.9 Å². The van der Waals surface area contributed by atoms with Crippen LogP contribution in [0.25, 0.3) is 0 Å². The second-order valence-electron chi connectivity index (χ2n) is 1.91. The van der Waals surface area contributed by atoms with E-state index in [1.807, 2.05) is 0 Å². The fourth-order valence-corrected chi connectivity index (χ4v) is 1.02. The predicted molar refractivity (Wildman–Crippen MR) is 43.4 cm³/mol. The summed E-state index contributed by atoms with van der Waals surface area (Å²) >= 11 is 1.78. The Labute approximate surface area is 75.3 Å². The van der Waals surface area contributed by atoms with Gasteiger partial charge in [-0.25, -0.2) is 0 Å². The zero-order valence-electron chi connectivity index (χ0n) is 5.27. The summed E-state index contributed by atoms with van der Waals surface area (Å²) in [5.74, 6) is 0. The summed E-state index contributed by atoms with van der Waals surface area (Å²) in [4.78, 5) is 3.22. The molecule has 0 atom stereocenters. The second-order valence-corrected chi connectivity index (χ2v) is 3.15. The Hall–Kier alpha value is -0.270. The molecule has 0 amide bonds. The summed E-state index contributed by atoms with van der Waals surface area (Å²) in [6, 6.07) is 0. The maximum atomic E-state index is 11.9. The Morgan fingerprint density at radius 1 is 1.55 bits per heavy atom. The van der Waals surface area contributed by atoms with Crippen LogP contribution in [0.4, 0.5) is 13.2 Å². The van der Waals surface area contributed by atoms with Crippen molar-refractivity contribution in [2.45, 2.75) is 6.18 Å². The van der Waals surface area contributed by atoms with Gasteiger partial charge in [0.1, 0.15) is 0 Å². The molecule has 1 aliphatic rings. The molecule has 11 heavy (non-hydrogen) atoms. The minimum Gasteiger partial charge on any atom is -0.314 e. The summed E-state index contributed by atoms with van der Waals surface area (Å²) in [6.07, 6.45) is -2.13. The lowest BCUT2D eigenvalue weighted by atomic mass is 10.4. The van der Waals surface area contributed by atoms with Gasteiger partial charge in [-0.15, -0.1) is 0 Å². The third kappa shape index (κ3) is 2.35. The Bertz CT molecular complexity index is 208. The first-order valence-corrected chi connectivity index (χ1v) is 3.70. The van der Waals surface area contributed by atoms with Crippen LogP contribution < -0.4 is 0 Å². The van der Waals surface area contributed by atoms with E-state index in [0.29, 0.717) is 6.54 Å². The van der Waals surface area contributed by atoms with Crippen molar-refractivity contribution in [3.63, 3.8) is 0 Å². The van der Waals surface area contributed by atoms with Crippen molar-refractivity contribution < 1.29 is 13.2 Å². The number of allylic oxidation sites excluding steroid dienone is 1. The van der Waals surface area contributed by atoms with Gasteiger partial charge in [0.05, 0.1) is 29.4 Å². The van der Waals surface area contributed by atoms with Gasteiger partial charge in [0.15, 0.2) is 5.70 Å². The Balaban J connectivity index is 2.80. The number of aliphatic imine (C=N–C) groups is 1.